The third-order valence-corrected chi connectivity index (χ3v) is 10.1. The largest absolute Gasteiger partial charge is 0.423 e. The standard InChI is InChI=1S/C39H52O4/c1-6-7-8-9-10-11-30-12-14-31(15-13-30)32-24-26-39(27-25-32,33-16-20-35(21-17-33)42-37(40)28(2)3)34-18-22-36(23-19-34)43-38(41)29(4)5/h16-23,30-32H,2,4,6-15,24-27H2,1,3,5H3. The maximum absolute atomic E-state index is 12.1. The first-order valence-electron chi connectivity index (χ1n) is 16.7. The van der Waals surface area contributed by atoms with Gasteiger partial charge in [0.25, 0.3) is 0 Å². The summed E-state index contributed by atoms with van der Waals surface area (Å²) in [5, 5.41) is 0. The summed E-state index contributed by atoms with van der Waals surface area (Å²) in [4.78, 5) is 24.1. The predicted octanol–water partition coefficient (Wildman–Crippen LogP) is 10.3. The molecule has 2 aromatic rings. The smallest absolute Gasteiger partial charge is 0.338 e. The maximum atomic E-state index is 12.1. The average Bonchev–Trinajstić information content (AvgIpc) is 3.02. The van der Waals surface area contributed by atoms with E-state index < -0.39 is 11.9 Å². The zero-order valence-corrected chi connectivity index (χ0v) is 26.8. The van der Waals surface area contributed by atoms with Crippen LogP contribution in [0.25, 0.3) is 0 Å². The number of esters is 2. The maximum Gasteiger partial charge on any atom is 0.338 e. The van der Waals surface area contributed by atoms with Crippen molar-refractivity contribution in [2.24, 2.45) is 17.8 Å². The van der Waals surface area contributed by atoms with Crippen LogP contribution >= 0.6 is 0 Å². The van der Waals surface area contributed by atoms with Crippen molar-refractivity contribution in [1.29, 1.82) is 0 Å². The van der Waals surface area contributed by atoms with Crippen molar-refractivity contribution in [3.05, 3.63) is 84.0 Å². The second-order valence-corrected chi connectivity index (χ2v) is 13.3. The molecule has 0 unspecified atom stereocenters. The van der Waals surface area contributed by atoms with Gasteiger partial charge < -0.3 is 9.47 Å². The van der Waals surface area contributed by atoms with Gasteiger partial charge in [-0.3, -0.25) is 0 Å². The van der Waals surface area contributed by atoms with Crippen molar-refractivity contribution in [2.75, 3.05) is 0 Å². The second-order valence-electron chi connectivity index (χ2n) is 13.3. The number of rotatable bonds is 13. The number of ether oxygens (including phenoxy) is 2. The van der Waals surface area contributed by atoms with Crippen LogP contribution < -0.4 is 9.47 Å². The number of unbranched alkanes of at least 4 members (excludes halogenated alkanes) is 4. The van der Waals surface area contributed by atoms with Crippen LogP contribution in [0, 0.1) is 17.8 Å². The summed E-state index contributed by atoms with van der Waals surface area (Å²) in [5.41, 5.74) is 3.10. The van der Waals surface area contributed by atoms with E-state index in [1.54, 1.807) is 13.8 Å². The minimum atomic E-state index is -0.408. The molecule has 2 aromatic carbocycles. The van der Waals surface area contributed by atoms with Gasteiger partial charge in [0.05, 0.1) is 0 Å². The summed E-state index contributed by atoms with van der Waals surface area (Å²) < 4.78 is 11.0. The van der Waals surface area contributed by atoms with Crippen LogP contribution in [0.3, 0.4) is 0 Å². The highest BCUT2D eigenvalue weighted by molar-refractivity contribution is 5.89. The minimum Gasteiger partial charge on any atom is -0.423 e. The number of carbonyl (C=O) groups is 2. The minimum absolute atomic E-state index is 0.139. The Morgan fingerprint density at radius 3 is 1.56 bits per heavy atom. The van der Waals surface area contributed by atoms with E-state index in [0.29, 0.717) is 22.6 Å². The molecule has 2 fully saturated rings. The van der Waals surface area contributed by atoms with Gasteiger partial charge in [0.15, 0.2) is 0 Å². The fourth-order valence-corrected chi connectivity index (χ4v) is 7.41. The molecule has 0 aromatic heterocycles. The highest BCUT2D eigenvalue weighted by atomic mass is 16.5. The zero-order chi connectivity index (χ0) is 30.8. The van der Waals surface area contributed by atoms with Crippen LogP contribution in [-0.2, 0) is 15.0 Å². The van der Waals surface area contributed by atoms with E-state index >= 15 is 0 Å². The Labute approximate surface area is 260 Å². The normalized spacial score (nSPS) is 20.3. The number of carbonyl (C=O) groups excluding carboxylic acids is 2. The highest BCUT2D eigenvalue weighted by Gasteiger charge is 2.41. The van der Waals surface area contributed by atoms with Crippen molar-refractivity contribution in [3.63, 3.8) is 0 Å². The lowest BCUT2D eigenvalue weighted by Gasteiger charge is -2.44. The molecule has 0 aliphatic heterocycles. The number of hydrogen-bond donors (Lipinski definition) is 0. The van der Waals surface area contributed by atoms with Gasteiger partial charge in [-0.2, -0.15) is 0 Å². The van der Waals surface area contributed by atoms with E-state index in [4.69, 9.17) is 9.47 Å². The number of benzene rings is 2. The first kappa shape index (κ1) is 32.8. The molecule has 232 valence electrons. The van der Waals surface area contributed by atoms with Crippen LogP contribution in [0.2, 0.25) is 0 Å². The van der Waals surface area contributed by atoms with Crippen molar-refractivity contribution >= 4 is 11.9 Å². The van der Waals surface area contributed by atoms with E-state index in [2.05, 4.69) is 44.3 Å². The first-order valence-corrected chi connectivity index (χ1v) is 16.7. The highest BCUT2D eigenvalue weighted by Crippen LogP contribution is 2.50. The van der Waals surface area contributed by atoms with Gasteiger partial charge in [0.1, 0.15) is 11.5 Å². The summed E-state index contributed by atoms with van der Waals surface area (Å²) in [7, 11) is 0. The quantitative estimate of drug-likeness (QED) is 0.102. The molecule has 0 spiro atoms. The molecule has 0 atom stereocenters. The molecule has 43 heavy (non-hydrogen) atoms. The van der Waals surface area contributed by atoms with E-state index in [1.807, 2.05) is 24.3 Å². The lowest BCUT2D eigenvalue weighted by molar-refractivity contribution is -0.130. The Morgan fingerprint density at radius 2 is 1.12 bits per heavy atom. The van der Waals surface area contributed by atoms with Gasteiger partial charge in [-0.25, -0.2) is 9.59 Å². The first-order chi connectivity index (χ1) is 20.7. The zero-order valence-electron chi connectivity index (χ0n) is 26.8. The van der Waals surface area contributed by atoms with E-state index in [-0.39, 0.29) is 5.41 Å². The molecule has 0 N–H and O–H groups in total. The van der Waals surface area contributed by atoms with Crippen LogP contribution in [0.5, 0.6) is 11.5 Å². The summed E-state index contributed by atoms with van der Waals surface area (Å²) in [6.07, 6.45) is 18.5. The molecular weight excluding hydrogens is 532 g/mol. The Morgan fingerprint density at radius 1 is 0.674 bits per heavy atom. The van der Waals surface area contributed by atoms with E-state index in [1.165, 1.54) is 88.2 Å². The van der Waals surface area contributed by atoms with Crippen molar-refractivity contribution in [3.8, 4) is 11.5 Å². The molecule has 4 heteroatoms. The summed E-state index contributed by atoms with van der Waals surface area (Å²) >= 11 is 0. The Balaban J connectivity index is 1.45. The van der Waals surface area contributed by atoms with Gasteiger partial charge in [-0.05, 0) is 106 Å². The summed E-state index contributed by atoms with van der Waals surface area (Å²) in [6, 6.07) is 16.1. The van der Waals surface area contributed by atoms with Crippen molar-refractivity contribution < 1.29 is 19.1 Å². The molecule has 0 saturated heterocycles. The van der Waals surface area contributed by atoms with Gasteiger partial charge in [-0.1, -0.05) is 95.7 Å². The molecule has 0 heterocycles. The Kier molecular flexibility index (Phi) is 11.8. The Hall–Kier alpha value is -3.14. The monoisotopic (exact) mass is 584 g/mol. The summed E-state index contributed by atoms with van der Waals surface area (Å²) in [5.74, 6) is 2.82. The fraction of sp³-hybridized carbons (Fsp3) is 0.538. The molecule has 0 radical (unpaired) electrons. The molecule has 0 bridgehead atoms. The fourth-order valence-electron chi connectivity index (χ4n) is 7.41. The molecule has 4 nitrogen and oxygen atoms in total. The molecule has 2 aliphatic carbocycles. The molecule has 2 aliphatic rings. The van der Waals surface area contributed by atoms with Gasteiger partial charge in [0.2, 0.25) is 0 Å². The molecular formula is C39H52O4. The lowest BCUT2D eigenvalue weighted by Crippen LogP contribution is -2.36. The number of hydrogen-bond acceptors (Lipinski definition) is 4. The molecule has 2 saturated carbocycles. The van der Waals surface area contributed by atoms with Gasteiger partial charge >= 0.3 is 11.9 Å². The summed E-state index contributed by atoms with van der Waals surface area (Å²) in [6.45, 7) is 13.0. The van der Waals surface area contributed by atoms with Crippen LogP contribution in [-0.4, -0.2) is 11.9 Å². The third-order valence-electron chi connectivity index (χ3n) is 10.1. The van der Waals surface area contributed by atoms with Crippen molar-refractivity contribution in [2.45, 2.75) is 116 Å². The Bertz CT molecular complexity index is 1150. The lowest BCUT2D eigenvalue weighted by atomic mass is 9.60. The van der Waals surface area contributed by atoms with Gasteiger partial charge in [-0.15, -0.1) is 0 Å². The van der Waals surface area contributed by atoms with E-state index in [0.717, 1.165) is 30.6 Å². The van der Waals surface area contributed by atoms with E-state index in [9.17, 15) is 9.59 Å². The SMILES string of the molecule is C=C(C)C(=O)Oc1ccc(C2(c3ccc(OC(=O)C(=C)C)cc3)CCC(C3CCC(CCCCCCC)CC3)CC2)cc1. The average molecular weight is 585 g/mol. The topological polar surface area (TPSA) is 52.6 Å². The van der Waals surface area contributed by atoms with Crippen LogP contribution in [0.4, 0.5) is 0 Å². The van der Waals surface area contributed by atoms with Gasteiger partial charge in [0, 0.05) is 16.6 Å². The van der Waals surface area contributed by atoms with Crippen LogP contribution in [0.1, 0.15) is 122 Å². The molecule has 4 rings (SSSR count). The van der Waals surface area contributed by atoms with Crippen LogP contribution in [0.15, 0.2) is 72.8 Å². The van der Waals surface area contributed by atoms with Crippen molar-refractivity contribution in [1.82, 2.24) is 0 Å². The molecule has 0 amide bonds. The third kappa shape index (κ3) is 8.71. The second kappa shape index (κ2) is 15.5. The predicted molar refractivity (Wildman–Crippen MR) is 175 cm³/mol.